The van der Waals surface area contributed by atoms with E-state index >= 15 is 0 Å². The minimum atomic E-state index is -0.222. The summed E-state index contributed by atoms with van der Waals surface area (Å²) >= 11 is 0. The molecule has 0 radical (unpaired) electrons. The van der Waals surface area contributed by atoms with Gasteiger partial charge >= 0.3 is 0 Å². The van der Waals surface area contributed by atoms with Crippen LogP contribution in [0.25, 0.3) is 0 Å². The molecule has 0 aliphatic carbocycles. The number of carbonyl (C=O) groups is 2. The normalized spacial score (nSPS) is 16.2. The Labute approximate surface area is 96.9 Å². The topological polar surface area (TPSA) is 40.6 Å². The second-order valence-corrected chi connectivity index (χ2v) is 4.22. The monoisotopic (exact) mass is 224 g/mol. The second-order valence-electron chi connectivity index (χ2n) is 4.22. The van der Waals surface area contributed by atoms with Gasteiger partial charge in [-0.15, -0.1) is 0 Å². The maximum absolute atomic E-state index is 11.6. The van der Waals surface area contributed by atoms with Crippen molar-refractivity contribution in [3.8, 4) is 0 Å². The van der Waals surface area contributed by atoms with Gasteiger partial charge in [0.25, 0.3) is 11.8 Å². The summed E-state index contributed by atoms with van der Waals surface area (Å²) in [7, 11) is 1.79. The highest BCUT2D eigenvalue weighted by molar-refractivity contribution is 6.15. The Morgan fingerprint density at radius 2 is 1.94 bits per heavy atom. The molecule has 0 saturated carbocycles. The number of hydrazine groups is 1. The number of rotatable bonds is 6. The fourth-order valence-electron chi connectivity index (χ4n) is 1.77. The molecule has 0 spiro atoms. The summed E-state index contributed by atoms with van der Waals surface area (Å²) in [6.07, 6.45) is 5.94. The molecule has 1 aliphatic rings. The molecule has 0 aromatic carbocycles. The average molecular weight is 224 g/mol. The van der Waals surface area contributed by atoms with E-state index in [1.165, 1.54) is 23.9 Å². The smallest absolute Gasteiger partial charge is 0.268 e. The number of hydrogen-bond donors (Lipinski definition) is 0. The highest BCUT2D eigenvalue weighted by Crippen LogP contribution is 2.14. The van der Waals surface area contributed by atoms with E-state index in [-0.39, 0.29) is 11.8 Å². The first-order valence-corrected chi connectivity index (χ1v) is 5.85. The maximum atomic E-state index is 11.6. The highest BCUT2D eigenvalue weighted by atomic mass is 16.2. The SMILES string of the molecule is CCCCCCN(C)N1C(=O)C=C(C)C1=O. The average Bonchev–Trinajstić information content (AvgIpc) is 2.48. The van der Waals surface area contributed by atoms with E-state index in [1.54, 1.807) is 19.0 Å². The third-order valence-electron chi connectivity index (χ3n) is 2.76. The minimum Gasteiger partial charge on any atom is -0.268 e. The van der Waals surface area contributed by atoms with E-state index < -0.39 is 0 Å². The molecule has 4 nitrogen and oxygen atoms in total. The summed E-state index contributed by atoms with van der Waals surface area (Å²) in [5.74, 6) is -0.413. The molecule has 0 aromatic heterocycles. The van der Waals surface area contributed by atoms with Crippen LogP contribution in [0, 0.1) is 0 Å². The van der Waals surface area contributed by atoms with Gasteiger partial charge in [-0.25, -0.2) is 10.0 Å². The van der Waals surface area contributed by atoms with Crippen LogP contribution in [0.3, 0.4) is 0 Å². The lowest BCUT2D eigenvalue weighted by atomic mass is 10.2. The van der Waals surface area contributed by atoms with Crippen LogP contribution in [0.1, 0.15) is 39.5 Å². The highest BCUT2D eigenvalue weighted by Gasteiger charge is 2.31. The summed E-state index contributed by atoms with van der Waals surface area (Å²) in [5, 5.41) is 2.94. The quantitative estimate of drug-likeness (QED) is 0.509. The van der Waals surface area contributed by atoms with Crippen molar-refractivity contribution in [3.05, 3.63) is 11.6 Å². The van der Waals surface area contributed by atoms with Crippen molar-refractivity contribution in [2.75, 3.05) is 13.6 Å². The standard InChI is InChI=1S/C12H20N2O2/c1-4-5-6-7-8-13(3)14-11(15)9-10(2)12(14)16/h9H,4-8H2,1-3H3. The van der Waals surface area contributed by atoms with E-state index in [4.69, 9.17) is 0 Å². The fourth-order valence-corrected chi connectivity index (χ4v) is 1.77. The first-order valence-electron chi connectivity index (χ1n) is 5.85. The van der Waals surface area contributed by atoms with Crippen molar-refractivity contribution in [1.82, 2.24) is 10.0 Å². The van der Waals surface area contributed by atoms with Gasteiger partial charge in [0, 0.05) is 25.2 Å². The van der Waals surface area contributed by atoms with Crippen molar-refractivity contribution < 1.29 is 9.59 Å². The lowest BCUT2D eigenvalue weighted by Gasteiger charge is -2.26. The minimum absolute atomic E-state index is 0.192. The third kappa shape index (κ3) is 2.92. The zero-order chi connectivity index (χ0) is 12.1. The van der Waals surface area contributed by atoms with Crippen LogP contribution >= 0.6 is 0 Å². The van der Waals surface area contributed by atoms with Crippen LogP contribution in [-0.4, -0.2) is 35.4 Å². The molecule has 0 fully saturated rings. The number of unbranched alkanes of at least 4 members (excludes halogenated alkanes) is 3. The lowest BCUT2D eigenvalue weighted by Crippen LogP contribution is -2.44. The van der Waals surface area contributed by atoms with Gasteiger partial charge in [-0.3, -0.25) is 9.59 Å². The van der Waals surface area contributed by atoms with E-state index in [9.17, 15) is 9.59 Å². The fraction of sp³-hybridized carbons (Fsp3) is 0.667. The van der Waals surface area contributed by atoms with Gasteiger partial charge < -0.3 is 0 Å². The molecule has 1 aliphatic heterocycles. The molecule has 0 aromatic rings. The van der Waals surface area contributed by atoms with Gasteiger partial charge in [-0.2, -0.15) is 0 Å². The molecule has 1 heterocycles. The lowest BCUT2D eigenvalue weighted by molar-refractivity contribution is -0.153. The summed E-state index contributed by atoms with van der Waals surface area (Å²) in [4.78, 5) is 23.2. The van der Waals surface area contributed by atoms with Gasteiger partial charge in [0.2, 0.25) is 0 Å². The Morgan fingerprint density at radius 1 is 1.25 bits per heavy atom. The van der Waals surface area contributed by atoms with Crippen LogP contribution in [0.2, 0.25) is 0 Å². The molecule has 2 amide bonds. The van der Waals surface area contributed by atoms with Crippen molar-refractivity contribution in [2.45, 2.75) is 39.5 Å². The first kappa shape index (κ1) is 12.9. The molecular formula is C12H20N2O2. The van der Waals surface area contributed by atoms with Crippen molar-refractivity contribution in [1.29, 1.82) is 0 Å². The van der Waals surface area contributed by atoms with Crippen molar-refractivity contribution in [2.24, 2.45) is 0 Å². The zero-order valence-corrected chi connectivity index (χ0v) is 10.3. The van der Waals surface area contributed by atoms with Gasteiger partial charge in [0.05, 0.1) is 0 Å². The van der Waals surface area contributed by atoms with Gasteiger partial charge in [0.15, 0.2) is 0 Å². The summed E-state index contributed by atoms with van der Waals surface area (Å²) in [5.41, 5.74) is 0.519. The molecule has 0 N–H and O–H groups in total. The Kier molecular flexibility index (Phi) is 4.68. The third-order valence-corrected chi connectivity index (χ3v) is 2.76. The molecule has 0 bridgehead atoms. The Balaban J connectivity index is 2.40. The maximum Gasteiger partial charge on any atom is 0.271 e. The number of amides is 2. The number of imide groups is 1. The molecule has 90 valence electrons. The van der Waals surface area contributed by atoms with E-state index in [0.29, 0.717) is 5.57 Å². The number of nitrogens with zero attached hydrogens (tertiary/aromatic N) is 2. The predicted octanol–water partition coefficient (Wildman–Crippen LogP) is 1.73. The molecule has 0 atom stereocenters. The molecular weight excluding hydrogens is 204 g/mol. The number of carbonyl (C=O) groups excluding carboxylic acids is 2. The second kappa shape index (κ2) is 5.80. The molecule has 1 rings (SSSR count). The van der Waals surface area contributed by atoms with E-state index in [0.717, 1.165) is 19.4 Å². The van der Waals surface area contributed by atoms with Crippen LogP contribution < -0.4 is 0 Å². The van der Waals surface area contributed by atoms with Crippen LogP contribution in [0.4, 0.5) is 0 Å². The van der Waals surface area contributed by atoms with E-state index in [2.05, 4.69) is 6.92 Å². The summed E-state index contributed by atoms with van der Waals surface area (Å²) < 4.78 is 0. The Hall–Kier alpha value is -1.16. The predicted molar refractivity (Wildman–Crippen MR) is 62.4 cm³/mol. The van der Waals surface area contributed by atoms with Crippen LogP contribution in [0.5, 0.6) is 0 Å². The van der Waals surface area contributed by atoms with Gasteiger partial charge in [-0.05, 0) is 13.3 Å². The molecule has 0 unspecified atom stereocenters. The molecule has 0 saturated heterocycles. The summed E-state index contributed by atoms with van der Waals surface area (Å²) in [6, 6.07) is 0. The van der Waals surface area contributed by atoms with E-state index in [1.807, 2.05) is 0 Å². The zero-order valence-electron chi connectivity index (χ0n) is 10.3. The Bertz CT molecular complexity index is 310. The van der Waals surface area contributed by atoms with Crippen molar-refractivity contribution >= 4 is 11.8 Å². The number of hydrogen-bond acceptors (Lipinski definition) is 3. The molecule has 16 heavy (non-hydrogen) atoms. The van der Waals surface area contributed by atoms with Crippen LogP contribution in [0.15, 0.2) is 11.6 Å². The Morgan fingerprint density at radius 3 is 2.44 bits per heavy atom. The van der Waals surface area contributed by atoms with Gasteiger partial charge in [0.1, 0.15) is 0 Å². The first-order chi connectivity index (χ1) is 7.57. The summed E-state index contributed by atoms with van der Waals surface area (Å²) in [6.45, 7) is 4.58. The van der Waals surface area contributed by atoms with Crippen molar-refractivity contribution in [3.63, 3.8) is 0 Å². The largest absolute Gasteiger partial charge is 0.271 e. The van der Waals surface area contributed by atoms with Gasteiger partial charge in [-0.1, -0.05) is 26.2 Å². The van der Waals surface area contributed by atoms with Crippen LogP contribution in [-0.2, 0) is 9.59 Å². The molecule has 4 heteroatoms.